The van der Waals surface area contributed by atoms with Gasteiger partial charge >= 0.3 is 5.97 Å². The number of anilines is 1. The van der Waals surface area contributed by atoms with Gasteiger partial charge in [0.1, 0.15) is 17.0 Å². The summed E-state index contributed by atoms with van der Waals surface area (Å²) in [5.41, 5.74) is 0.403. The van der Waals surface area contributed by atoms with Crippen molar-refractivity contribution in [1.29, 1.82) is 0 Å². The molecule has 0 amide bonds. The number of aromatic carboxylic acids is 1. The number of carboxylic acid groups (broad SMARTS) is 1. The fraction of sp³-hybridized carbons (Fsp3) is 0.474. The number of aromatic amines is 1. The van der Waals surface area contributed by atoms with E-state index in [1.807, 2.05) is 0 Å². The maximum Gasteiger partial charge on any atom is 0.341 e. The van der Waals surface area contributed by atoms with Crippen molar-refractivity contribution in [3.8, 4) is 11.5 Å². The third-order valence-corrected chi connectivity index (χ3v) is 5.64. The monoisotopic (exact) mass is 409 g/mol. The van der Waals surface area contributed by atoms with E-state index in [0.29, 0.717) is 29.0 Å². The van der Waals surface area contributed by atoms with Crippen molar-refractivity contribution in [2.75, 3.05) is 38.8 Å². The Labute approximate surface area is 168 Å². The molecule has 2 aromatic rings. The summed E-state index contributed by atoms with van der Waals surface area (Å²) in [6, 6.07) is 2.03. The molecule has 2 saturated heterocycles. The Bertz CT molecular complexity index is 947. The van der Waals surface area contributed by atoms with E-state index >= 15 is 0 Å². The summed E-state index contributed by atoms with van der Waals surface area (Å²) in [5.74, 6) is 0.301. The van der Waals surface area contributed by atoms with Gasteiger partial charge in [0.15, 0.2) is 5.75 Å². The van der Waals surface area contributed by atoms with E-state index < -0.39 is 11.4 Å². The molecule has 3 heterocycles. The van der Waals surface area contributed by atoms with Crippen LogP contribution in [0.1, 0.15) is 23.2 Å². The first kappa shape index (κ1) is 20.3. The van der Waals surface area contributed by atoms with Crippen LogP contribution < -0.4 is 25.1 Å². The normalized spacial score (nSPS) is 21.1. The third-order valence-electron chi connectivity index (χ3n) is 5.64. The highest BCUT2D eigenvalue weighted by Crippen LogP contribution is 2.44. The maximum atomic E-state index is 12.6. The van der Waals surface area contributed by atoms with Gasteiger partial charge in [-0.25, -0.2) is 4.79 Å². The van der Waals surface area contributed by atoms with Gasteiger partial charge in [0, 0.05) is 25.3 Å². The first-order valence-corrected chi connectivity index (χ1v) is 9.07. The van der Waals surface area contributed by atoms with Gasteiger partial charge in [0.25, 0.3) is 0 Å². The van der Waals surface area contributed by atoms with Crippen LogP contribution in [0.25, 0.3) is 10.9 Å². The molecule has 0 unspecified atom stereocenters. The molecule has 0 saturated carbocycles. The van der Waals surface area contributed by atoms with Crippen molar-refractivity contribution < 1.29 is 19.4 Å². The summed E-state index contributed by atoms with van der Waals surface area (Å²) in [4.78, 5) is 29.1. The van der Waals surface area contributed by atoms with E-state index in [4.69, 9.17) is 9.47 Å². The number of H-pyrrole nitrogens is 1. The minimum absolute atomic E-state index is 0. The molecule has 2 fully saturated rings. The number of pyridine rings is 1. The molecule has 0 bridgehead atoms. The van der Waals surface area contributed by atoms with Gasteiger partial charge in [-0.15, -0.1) is 12.4 Å². The summed E-state index contributed by atoms with van der Waals surface area (Å²) in [6.07, 6.45) is 3.58. The lowest BCUT2D eigenvalue weighted by atomic mass is 9.94. The quantitative estimate of drug-likeness (QED) is 0.707. The van der Waals surface area contributed by atoms with Gasteiger partial charge in [-0.1, -0.05) is 0 Å². The van der Waals surface area contributed by atoms with Crippen molar-refractivity contribution in [3.05, 3.63) is 28.0 Å². The molecule has 9 heteroatoms. The Balaban J connectivity index is 0.00000225. The lowest BCUT2D eigenvalue weighted by Crippen LogP contribution is -2.40. The molecule has 3 N–H and O–H groups in total. The zero-order chi connectivity index (χ0) is 19.1. The largest absolute Gasteiger partial charge is 0.494 e. The van der Waals surface area contributed by atoms with Crippen LogP contribution in [0.3, 0.4) is 0 Å². The smallest absolute Gasteiger partial charge is 0.341 e. The van der Waals surface area contributed by atoms with Crippen LogP contribution in [0.5, 0.6) is 11.5 Å². The van der Waals surface area contributed by atoms with Crippen molar-refractivity contribution in [1.82, 2.24) is 10.3 Å². The number of halogens is 1. The summed E-state index contributed by atoms with van der Waals surface area (Å²) < 4.78 is 11.2. The highest BCUT2D eigenvalue weighted by molar-refractivity contribution is 5.98. The number of aromatic nitrogens is 1. The SMILES string of the molecule is COc1cc2c(=O)c(C(=O)O)c[nH]c2c(OC)c1N1C[C@@H]2CCCN[C@@H]2C1.Cl. The molecule has 152 valence electrons. The van der Waals surface area contributed by atoms with Gasteiger partial charge in [0.2, 0.25) is 5.43 Å². The van der Waals surface area contributed by atoms with Gasteiger partial charge in [-0.2, -0.15) is 0 Å². The van der Waals surface area contributed by atoms with E-state index in [1.54, 1.807) is 20.3 Å². The molecule has 2 aliphatic heterocycles. The topological polar surface area (TPSA) is 104 Å². The summed E-state index contributed by atoms with van der Waals surface area (Å²) in [6.45, 7) is 2.75. The Morgan fingerprint density at radius 3 is 2.71 bits per heavy atom. The van der Waals surface area contributed by atoms with E-state index in [0.717, 1.165) is 25.3 Å². The maximum absolute atomic E-state index is 12.6. The third kappa shape index (κ3) is 3.16. The number of fused-ring (bicyclic) bond motifs is 2. The molecule has 2 atom stereocenters. The predicted octanol–water partition coefficient (Wildman–Crippen LogP) is 1.85. The fourth-order valence-electron chi connectivity index (χ4n) is 4.34. The average molecular weight is 410 g/mol. The van der Waals surface area contributed by atoms with Gasteiger partial charge < -0.3 is 29.8 Å². The van der Waals surface area contributed by atoms with Crippen LogP contribution in [-0.2, 0) is 0 Å². The molecule has 4 rings (SSSR count). The van der Waals surface area contributed by atoms with Crippen LogP contribution in [0.2, 0.25) is 0 Å². The van der Waals surface area contributed by atoms with Crippen molar-refractivity contribution in [3.63, 3.8) is 0 Å². The van der Waals surface area contributed by atoms with Gasteiger partial charge in [-0.05, 0) is 31.4 Å². The second kappa shape index (κ2) is 7.89. The zero-order valence-electron chi connectivity index (χ0n) is 15.8. The Hall–Kier alpha value is -2.45. The Morgan fingerprint density at radius 2 is 2.07 bits per heavy atom. The number of piperidine rings is 1. The Kier molecular flexibility index (Phi) is 5.71. The van der Waals surface area contributed by atoms with Crippen molar-refractivity contribution in [2.24, 2.45) is 5.92 Å². The molecule has 0 radical (unpaired) electrons. The van der Waals surface area contributed by atoms with Crippen molar-refractivity contribution in [2.45, 2.75) is 18.9 Å². The van der Waals surface area contributed by atoms with Gasteiger partial charge in [0.05, 0.1) is 25.1 Å². The number of methoxy groups -OCH3 is 2. The number of nitrogens with zero attached hydrogens (tertiary/aromatic N) is 1. The summed E-state index contributed by atoms with van der Waals surface area (Å²) in [5, 5.41) is 13.0. The number of rotatable bonds is 4. The molecule has 1 aromatic carbocycles. The Morgan fingerprint density at radius 1 is 1.29 bits per heavy atom. The molecule has 8 nitrogen and oxygen atoms in total. The number of carbonyl (C=O) groups is 1. The number of benzene rings is 1. The van der Waals surface area contributed by atoms with E-state index in [1.165, 1.54) is 19.0 Å². The summed E-state index contributed by atoms with van der Waals surface area (Å²) in [7, 11) is 3.09. The molecule has 0 spiro atoms. The second-order valence-electron chi connectivity index (χ2n) is 7.09. The molecule has 1 aromatic heterocycles. The molecule has 2 aliphatic rings. The first-order chi connectivity index (χ1) is 13.0. The van der Waals surface area contributed by atoms with E-state index in [2.05, 4.69) is 15.2 Å². The van der Waals surface area contributed by atoms with Crippen LogP contribution in [-0.4, -0.2) is 56.0 Å². The lowest BCUT2D eigenvalue weighted by Gasteiger charge is -2.25. The number of carboxylic acids is 1. The average Bonchev–Trinajstić information content (AvgIpc) is 3.10. The van der Waals surface area contributed by atoms with Crippen LogP contribution in [0.4, 0.5) is 5.69 Å². The molecule has 28 heavy (non-hydrogen) atoms. The van der Waals surface area contributed by atoms with E-state index in [9.17, 15) is 14.7 Å². The van der Waals surface area contributed by atoms with Gasteiger partial charge in [-0.3, -0.25) is 4.79 Å². The summed E-state index contributed by atoms with van der Waals surface area (Å²) >= 11 is 0. The van der Waals surface area contributed by atoms with Crippen LogP contribution >= 0.6 is 12.4 Å². The highest BCUT2D eigenvalue weighted by atomic mass is 35.5. The van der Waals surface area contributed by atoms with Crippen LogP contribution in [0, 0.1) is 5.92 Å². The fourth-order valence-corrected chi connectivity index (χ4v) is 4.34. The first-order valence-electron chi connectivity index (χ1n) is 9.07. The minimum atomic E-state index is -1.27. The van der Waals surface area contributed by atoms with Crippen molar-refractivity contribution >= 4 is 35.0 Å². The lowest BCUT2D eigenvalue weighted by molar-refractivity contribution is 0.0695. The molecular formula is C19H24ClN3O5. The van der Waals surface area contributed by atoms with Crippen LogP contribution in [0.15, 0.2) is 17.1 Å². The number of hydrogen-bond donors (Lipinski definition) is 3. The highest BCUT2D eigenvalue weighted by Gasteiger charge is 2.37. The van der Waals surface area contributed by atoms with E-state index in [-0.39, 0.29) is 23.4 Å². The minimum Gasteiger partial charge on any atom is -0.494 e. The molecule has 0 aliphatic carbocycles. The number of ether oxygens (including phenoxy) is 2. The predicted molar refractivity (Wildman–Crippen MR) is 109 cm³/mol. The molecular weight excluding hydrogens is 386 g/mol. The number of nitrogens with one attached hydrogen (secondary N) is 2. The zero-order valence-corrected chi connectivity index (χ0v) is 16.6. The number of hydrogen-bond acceptors (Lipinski definition) is 6. The standard InChI is InChI=1S/C19H23N3O5.ClH/c1-26-14-6-11-15(21-7-12(17(11)23)19(24)25)18(27-2)16(14)22-8-10-4-3-5-20-13(10)9-22;/h6-7,10,13,20H,3-5,8-9H2,1-2H3,(H,21,23)(H,24,25);1H/t10-,13+;/m0./s1. The second-order valence-corrected chi connectivity index (χ2v) is 7.09.